The van der Waals surface area contributed by atoms with E-state index >= 15 is 0 Å². The van der Waals surface area contributed by atoms with Crippen LogP contribution in [-0.4, -0.2) is 49.9 Å². The zero-order valence-electron chi connectivity index (χ0n) is 15.7. The Bertz CT molecular complexity index is 977. The van der Waals surface area contributed by atoms with Crippen LogP contribution in [0.3, 0.4) is 0 Å². The molecular weight excluding hydrogens is 340 g/mol. The molecule has 2 aromatic carbocycles. The van der Waals surface area contributed by atoms with Crippen LogP contribution in [0.25, 0.3) is 10.9 Å². The lowest BCUT2D eigenvalue weighted by Gasteiger charge is -2.36. The summed E-state index contributed by atoms with van der Waals surface area (Å²) in [6, 6.07) is 15.0. The van der Waals surface area contributed by atoms with Crippen LogP contribution in [0.1, 0.15) is 22.9 Å². The molecule has 2 aliphatic heterocycles. The van der Waals surface area contributed by atoms with Crippen molar-refractivity contribution in [3.05, 3.63) is 59.3 Å². The van der Waals surface area contributed by atoms with Crippen molar-refractivity contribution in [2.45, 2.75) is 18.6 Å². The standard InChI is InChI=1S/C22H24N2O3/c1-25-19-8-7-14(11-20(19)26-2)22-21-17(9-10-24(22)12-15-13-27-15)16-5-3-4-6-18(16)23-21/h3-8,11,15,22-23H,9-10,12-13H2,1-2H3. The van der Waals surface area contributed by atoms with E-state index in [1.54, 1.807) is 14.2 Å². The number of methoxy groups -OCH3 is 2. The third kappa shape index (κ3) is 2.87. The number of para-hydroxylation sites is 1. The normalized spacial score (nSPS) is 21.9. The Morgan fingerprint density at radius 1 is 1.11 bits per heavy atom. The summed E-state index contributed by atoms with van der Waals surface area (Å²) < 4.78 is 16.5. The first-order chi connectivity index (χ1) is 13.3. The van der Waals surface area contributed by atoms with Crippen molar-refractivity contribution in [2.24, 2.45) is 0 Å². The smallest absolute Gasteiger partial charge is 0.161 e. The number of hydrogen-bond acceptors (Lipinski definition) is 4. The first-order valence-electron chi connectivity index (χ1n) is 9.45. The number of benzene rings is 2. The van der Waals surface area contributed by atoms with Gasteiger partial charge in [0.2, 0.25) is 0 Å². The Hall–Kier alpha value is -2.50. The van der Waals surface area contributed by atoms with Gasteiger partial charge >= 0.3 is 0 Å². The van der Waals surface area contributed by atoms with Crippen molar-refractivity contribution >= 4 is 10.9 Å². The maximum absolute atomic E-state index is 5.56. The number of hydrogen-bond donors (Lipinski definition) is 1. The Morgan fingerprint density at radius 2 is 1.93 bits per heavy atom. The molecule has 1 aromatic heterocycles. The lowest BCUT2D eigenvalue weighted by atomic mass is 9.92. The van der Waals surface area contributed by atoms with E-state index in [0.29, 0.717) is 6.10 Å². The lowest BCUT2D eigenvalue weighted by Crippen LogP contribution is -2.38. The minimum atomic E-state index is 0.158. The maximum Gasteiger partial charge on any atom is 0.161 e. The summed E-state index contributed by atoms with van der Waals surface area (Å²) >= 11 is 0. The highest BCUT2D eigenvalue weighted by molar-refractivity contribution is 5.85. The van der Waals surface area contributed by atoms with E-state index in [1.165, 1.54) is 27.7 Å². The first kappa shape index (κ1) is 16.7. The van der Waals surface area contributed by atoms with Crippen molar-refractivity contribution in [1.29, 1.82) is 0 Å². The SMILES string of the molecule is COc1ccc(C2c3[nH]c4ccccc4c3CCN2CC2CO2)cc1OC. The van der Waals surface area contributed by atoms with Gasteiger partial charge in [-0.1, -0.05) is 24.3 Å². The molecule has 2 unspecified atom stereocenters. The van der Waals surface area contributed by atoms with Gasteiger partial charge in [0.05, 0.1) is 33.0 Å². The molecule has 3 heterocycles. The fraction of sp³-hybridized carbons (Fsp3) is 0.364. The van der Waals surface area contributed by atoms with E-state index in [-0.39, 0.29) is 6.04 Å². The molecule has 1 N–H and O–H groups in total. The number of aromatic amines is 1. The van der Waals surface area contributed by atoms with Gasteiger partial charge < -0.3 is 19.2 Å². The quantitative estimate of drug-likeness (QED) is 0.704. The number of aromatic nitrogens is 1. The Morgan fingerprint density at radius 3 is 2.70 bits per heavy atom. The van der Waals surface area contributed by atoms with Gasteiger partial charge in [-0.25, -0.2) is 0 Å². The zero-order valence-corrected chi connectivity index (χ0v) is 15.7. The third-order valence-electron chi connectivity index (χ3n) is 5.70. The predicted octanol–water partition coefficient (Wildman–Crippen LogP) is 3.53. The highest BCUT2D eigenvalue weighted by Gasteiger charge is 2.36. The molecule has 2 atom stereocenters. The summed E-state index contributed by atoms with van der Waals surface area (Å²) in [6.45, 7) is 2.84. The molecule has 5 rings (SSSR count). The largest absolute Gasteiger partial charge is 0.493 e. The second-order valence-electron chi connectivity index (χ2n) is 7.28. The second kappa shape index (κ2) is 6.59. The van der Waals surface area contributed by atoms with Crippen LogP contribution in [0.4, 0.5) is 0 Å². The van der Waals surface area contributed by atoms with Gasteiger partial charge in [0.1, 0.15) is 0 Å². The van der Waals surface area contributed by atoms with Gasteiger partial charge in [-0.15, -0.1) is 0 Å². The molecule has 2 aliphatic rings. The van der Waals surface area contributed by atoms with Gasteiger partial charge in [0, 0.05) is 29.7 Å². The summed E-state index contributed by atoms with van der Waals surface area (Å²) in [4.78, 5) is 6.22. The number of rotatable bonds is 5. The molecule has 0 spiro atoms. The van der Waals surface area contributed by atoms with Gasteiger partial charge in [-0.3, -0.25) is 4.90 Å². The van der Waals surface area contributed by atoms with Crippen molar-refractivity contribution < 1.29 is 14.2 Å². The van der Waals surface area contributed by atoms with Crippen LogP contribution in [-0.2, 0) is 11.2 Å². The van der Waals surface area contributed by atoms with E-state index in [0.717, 1.165) is 37.6 Å². The van der Waals surface area contributed by atoms with Gasteiger partial charge in [0.25, 0.3) is 0 Å². The van der Waals surface area contributed by atoms with Crippen LogP contribution in [0.5, 0.6) is 11.5 Å². The lowest BCUT2D eigenvalue weighted by molar-refractivity contribution is 0.190. The number of fused-ring (bicyclic) bond motifs is 3. The molecule has 5 nitrogen and oxygen atoms in total. The summed E-state index contributed by atoms with van der Waals surface area (Å²) in [7, 11) is 3.36. The fourth-order valence-electron chi connectivity index (χ4n) is 4.32. The van der Waals surface area contributed by atoms with Crippen LogP contribution >= 0.6 is 0 Å². The monoisotopic (exact) mass is 364 g/mol. The summed E-state index contributed by atoms with van der Waals surface area (Å²) in [5.41, 5.74) is 5.13. The Labute approximate surface area is 158 Å². The van der Waals surface area contributed by atoms with E-state index < -0.39 is 0 Å². The third-order valence-corrected chi connectivity index (χ3v) is 5.70. The zero-order chi connectivity index (χ0) is 18.4. The van der Waals surface area contributed by atoms with Crippen molar-refractivity contribution in [3.63, 3.8) is 0 Å². The van der Waals surface area contributed by atoms with Gasteiger partial charge in [-0.2, -0.15) is 0 Å². The molecule has 0 radical (unpaired) electrons. The molecule has 5 heteroatoms. The van der Waals surface area contributed by atoms with Crippen molar-refractivity contribution in [1.82, 2.24) is 9.88 Å². The highest BCUT2D eigenvalue weighted by atomic mass is 16.6. The average molecular weight is 364 g/mol. The predicted molar refractivity (Wildman–Crippen MR) is 105 cm³/mol. The van der Waals surface area contributed by atoms with E-state index in [9.17, 15) is 0 Å². The Balaban J connectivity index is 1.64. The van der Waals surface area contributed by atoms with E-state index in [1.807, 2.05) is 6.07 Å². The van der Waals surface area contributed by atoms with Crippen LogP contribution in [0.2, 0.25) is 0 Å². The molecule has 0 bridgehead atoms. The summed E-state index contributed by atoms with van der Waals surface area (Å²) in [6.07, 6.45) is 1.41. The topological polar surface area (TPSA) is 50.0 Å². The first-order valence-corrected chi connectivity index (χ1v) is 9.45. The molecule has 1 fully saturated rings. The minimum absolute atomic E-state index is 0.158. The fourth-order valence-corrected chi connectivity index (χ4v) is 4.32. The summed E-state index contributed by atoms with van der Waals surface area (Å²) in [5, 5.41) is 1.33. The number of epoxide rings is 1. The molecule has 0 saturated carbocycles. The number of ether oxygens (including phenoxy) is 3. The van der Waals surface area contributed by atoms with Crippen molar-refractivity contribution in [2.75, 3.05) is 33.9 Å². The molecule has 0 amide bonds. The van der Waals surface area contributed by atoms with Gasteiger partial charge in [-0.05, 0) is 35.7 Å². The molecule has 0 aliphatic carbocycles. The van der Waals surface area contributed by atoms with Crippen molar-refractivity contribution in [3.8, 4) is 11.5 Å². The molecule has 140 valence electrons. The highest BCUT2D eigenvalue weighted by Crippen LogP contribution is 2.41. The Kier molecular flexibility index (Phi) is 4.06. The number of nitrogens with one attached hydrogen (secondary N) is 1. The van der Waals surface area contributed by atoms with E-state index in [2.05, 4.69) is 46.3 Å². The summed E-state index contributed by atoms with van der Waals surface area (Å²) in [5.74, 6) is 1.52. The van der Waals surface area contributed by atoms with Crippen LogP contribution < -0.4 is 9.47 Å². The second-order valence-corrected chi connectivity index (χ2v) is 7.28. The molecule has 1 saturated heterocycles. The average Bonchev–Trinajstić information content (AvgIpc) is 3.45. The maximum atomic E-state index is 5.56. The molecule has 3 aromatic rings. The minimum Gasteiger partial charge on any atom is -0.493 e. The van der Waals surface area contributed by atoms with Gasteiger partial charge in [0.15, 0.2) is 11.5 Å². The molecular formula is C22H24N2O3. The number of H-pyrrole nitrogens is 1. The van der Waals surface area contributed by atoms with Crippen LogP contribution in [0.15, 0.2) is 42.5 Å². The van der Waals surface area contributed by atoms with Crippen LogP contribution in [0, 0.1) is 0 Å². The van der Waals surface area contributed by atoms with E-state index in [4.69, 9.17) is 14.2 Å². The molecule has 27 heavy (non-hydrogen) atoms. The number of nitrogens with zero attached hydrogens (tertiary/aromatic N) is 1.